The lowest BCUT2D eigenvalue weighted by molar-refractivity contribution is 0.617. The lowest BCUT2D eigenvalue weighted by Gasteiger charge is -2.16. The molecule has 0 aliphatic carbocycles. The molecule has 0 aliphatic heterocycles. The van der Waals surface area contributed by atoms with Gasteiger partial charge in [0.1, 0.15) is 0 Å². The minimum absolute atomic E-state index is 0.385. The summed E-state index contributed by atoms with van der Waals surface area (Å²) in [7, 11) is 1.99. The molecule has 0 aliphatic rings. The molecule has 0 saturated heterocycles. The van der Waals surface area contributed by atoms with Crippen LogP contribution in [0.1, 0.15) is 5.56 Å². The highest BCUT2D eigenvalue weighted by molar-refractivity contribution is 7.99. The standard InChI is InChI=1S/C16H17Cl2NS/c1-19-14(10-12-4-2-3-5-16(12)18)11-20-15-8-6-13(17)7-9-15/h2-9,14,19H,10-11H2,1H3. The molecule has 1 unspecified atom stereocenters. The SMILES string of the molecule is CNC(CSc1ccc(Cl)cc1)Cc1ccccc1Cl. The molecule has 4 heteroatoms. The Bertz CT molecular complexity index is 542. The van der Waals surface area contributed by atoms with Gasteiger partial charge in [0, 0.05) is 26.7 Å². The van der Waals surface area contributed by atoms with Gasteiger partial charge in [-0.3, -0.25) is 0 Å². The van der Waals surface area contributed by atoms with E-state index < -0.39 is 0 Å². The lowest BCUT2D eigenvalue weighted by Crippen LogP contribution is -2.30. The Morgan fingerprint density at radius 3 is 2.40 bits per heavy atom. The molecule has 0 amide bonds. The van der Waals surface area contributed by atoms with Crippen LogP contribution < -0.4 is 5.32 Å². The number of hydrogen-bond acceptors (Lipinski definition) is 2. The van der Waals surface area contributed by atoms with Crippen LogP contribution >= 0.6 is 35.0 Å². The monoisotopic (exact) mass is 325 g/mol. The molecule has 0 heterocycles. The van der Waals surface area contributed by atoms with Gasteiger partial charge in [-0.05, 0) is 49.4 Å². The normalized spacial score (nSPS) is 12.3. The first-order chi connectivity index (χ1) is 9.69. The van der Waals surface area contributed by atoms with E-state index >= 15 is 0 Å². The van der Waals surface area contributed by atoms with Crippen molar-refractivity contribution in [2.24, 2.45) is 0 Å². The summed E-state index contributed by atoms with van der Waals surface area (Å²) in [5.74, 6) is 0.989. The van der Waals surface area contributed by atoms with Crippen molar-refractivity contribution < 1.29 is 0 Å². The van der Waals surface area contributed by atoms with Crippen molar-refractivity contribution in [3.05, 3.63) is 64.1 Å². The highest BCUT2D eigenvalue weighted by Gasteiger charge is 2.10. The van der Waals surface area contributed by atoms with Crippen molar-refractivity contribution >= 4 is 35.0 Å². The molecular weight excluding hydrogens is 309 g/mol. The average Bonchev–Trinajstić information content (AvgIpc) is 2.47. The quantitative estimate of drug-likeness (QED) is 0.757. The summed E-state index contributed by atoms with van der Waals surface area (Å²) in [6.07, 6.45) is 0.927. The molecule has 0 aromatic heterocycles. The fraction of sp³-hybridized carbons (Fsp3) is 0.250. The minimum atomic E-state index is 0.385. The largest absolute Gasteiger partial charge is 0.316 e. The van der Waals surface area contributed by atoms with Gasteiger partial charge in [0.15, 0.2) is 0 Å². The molecule has 2 aromatic carbocycles. The number of thioether (sulfide) groups is 1. The van der Waals surface area contributed by atoms with Crippen molar-refractivity contribution in [2.75, 3.05) is 12.8 Å². The molecule has 0 saturated carbocycles. The molecule has 20 heavy (non-hydrogen) atoms. The Kier molecular flexibility index (Phi) is 6.24. The van der Waals surface area contributed by atoms with Gasteiger partial charge in [-0.15, -0.1) is 11.8 Å². The molecule has 0 radical (unpaired) electrons. The van der Waals surface area contributed by atoms with Gasteiger partial charge in [-0.25, -0.2) is 0 Å². The van der Waals surface area contributed by atoms with Crippen LogP contribution in [0.5, 0.6) is 0 Å². The molecule has 0 bridgehead atoms. The predicted molar refractivity (Wildman–Crippen MR) is 90.2 cm³/mol. The third kappa shape index (κ3) is 4.71. The summed E-state index contributed by atoms with van der Waals surface area (Å²) in [5.41, 5.74) is 1.19. The van der Waals surface area contributed by atoms with Crippen LogP contribution in [0.2, 0.25) is 10.0 Å². The summed E-state index contributed by atoms with van der Waals surface area (Å²) in [6.45, 7) is 0. The molecule has 2 aromatic rings. The van der Waals surface area contributed by atoms with Crippen LogP contribution in [-0.2, 0) is 6.42 Å². The van der Waals surface area contributed by atoms with Gasteiger partial charge in [-0.1, -0.05) is 41.4 Å². The van der Waals surface area contributed by atoms with Gasteiger partial charge in [-0.2, -0.15) is 0 Å². The second-order valence-electron chi connectivity index (χ2n) is 4.55. The Morgan fingerprint density at radius 1 is 1.05 bits per heavy atom. The molecule has 1 atom stereocenters. The zero-order valence-corrected chi connectivity index (χ0v) is 13.6. The van der Waals surface area contributed by atoms with Crippen LogP contribution in [0, 0.1) is 0 Å². The van der Waals surface area contributed by atoms with E-state index in [2.05, 4.69) is 23.5 Å². The van der Waals surface area contributed by atoms with Crippen molar-refractivity contribution in [3.63, 3.8) is 0 Å². The second kappa shape index (κ2) is 7.94. The van der Waals surface area contributed by atoms with Crippen molar-refractivity contribution in [2.45, 2.75) is 17.4 Å². The summed E-state index contributed by atoms with van der Waals surface area (Å²) >= 11 is 13.9. The fourth-order valence-electron chi connectivity index (χ4n) is 1.90. The molecule has 1 nitrogen and oxygen atoms in total. The van der Waals surface area contributed by atoms with Gasteiger partial charge < -0.3 is 5.32 Å². The lowest BCUT2D eigenvalue weighted by atomic mass is 10.1. The van der Waals surface area contributed by atoms with Gasteiger partial charge in [0.25, 0.3) is 0 Å². The maximum Gasteiger partial charge on any atom is 0.0438 e. The maximum absolute atomic E-state index is 6.21. The molecule has 2 rings (SSSR count). The summed E-state index contributed by atoms with van der Waals surface area (Å²) < 4.78 is 0. The maximum atomic E-state index is 6.21. The van der Waals surface area contributed by atoms with Gasteiger partial charge in [0.05, 0.1) is 0 Å². The zero-order valence-electron chi connectivity index (χ0n) is 11.3. The van der Waals surface area contributed by atoms with E-state index in [1.54, 1.807) is 0 Å². The predicted octanol–water partition coefficient (Wildman–Crippen LogP) is 4.92. The topological polar surface area (TPSA) is 12.0 Å². The fourth-order valence-corrected chi connectivity index (χ4v) is 3.25. The Balaban J connectivity index is 1.92. The van der Waals surface area contributed by atoms with E-state index in [4.69, 9.17) is 23.2 Å². The number of hydrogen-bond donors (Lipinski definition) is 1. The Labute approximate surface area is 134 Å². The van der Waals surface area contributed by atoms with E-state index in [1.165, 1.54) is 10.5 Å². The zero-order chi connectivity index (χ0) is 14.4. The number of rotatable bonds is 6. The van der Waals surface area contributed by atoms with Gasteiger partial charge >= 0.3 is 0 Å². The van der Waals surface area contributed by atoms with Crippen LogP contribution in [0.4, 0.5) is 0 Å². The average molecular weight is 326 g/mol. The number of nitrogens with one attached hydrogen (secondary N) is 1. The molecule has 0 fully saturated rings. The first kappa shape index (κ1) is 15.7. The first-order valence-electron chi connectivity index (χ1n) is 6.48. The van der Waals surface area contributed by atoms with Gasteiger partial charge in [0.2, 0.25) is 0 Å². The molecular formula is C16H17Cl2NS. The van der Waals surface area contributed by atoms with E-state index in [-0.39, 0.29) is 0 Å². The van der Waals surface area contributed by atoms with Crippen LogP contribution in [0.15, 0.2) is 53.4 Å². The number of likely N-dealkylation sites (N-methyl/N-ethyl adjacent to an activating group) is 1. The van der Waals surface area contributed by atoms with Crippen molar-refractivity contribution in [3.8, 4) is 0 Å². The Morgan fingerprint density at radius 2 is 1.75 bits per heavy atom. The summed E-state index contributed by atoms with van der Waals surface area (Å²) in [6, 6.07) is 16.3. The van der Waals surface area contributed by atoms with E-state index in [0.717, 1.165) is 22.2 Å². The van der Waals surface area contributed by atoms with E-state index in [1.807, 2.05) is 49.1 Å². The smallest absolute Gasteiger partial charge is 0.0438 e. The molecule has 0 spiro atoms. The van der Waals surface area contributed by atoms with Crippen LogP contribution in [0.25, 0.3) is 0 Å². The van der Waals surface area contributed by atoms with E-state index in [0.29, 0.717) is 6.04 Å². The van der Waals surface area contributed by atoms with Crippen molar-refractivity contribution in [1.29, 1.82) is 0 Å². The molecule has 1 N–H and O–H groups in total. The summed E-state index contributed by atoms with van der Waals surface area (Å²) in [5, 5.41) is 4.96. The van der Waals surface area contributed by atoms with E-state index in [9.17, 15) is 0 Å². The highest BCUT2D eigenvalue weighted by Crippen LogP contribution is 2.23. The molecule has 106 valence electrons. The third-order valence-corrected chi connectivity index (χ3v) is 4.89. The number of halogens is 2. The third-order valence-electron chi connectivity index (χ3n) is 3.10. The van der Waals surface area contributed by atoms with Crippen molar-refractivity contribution in [1.82, 2.24) is 5.32 Å². The highest BCUT2D eigenvalue weighted by atomic mass is 35.5. The summed E-state index contributed by atoms with van der Waals surface area (Å²) in [4.78, 5) is 1.23. The number of benzene rings is 2. The first-order valence-corrected chi connectivity index (χ1v) is 8.22. The van der Waals surface area contributed by atoms with Crippen LogP contribution in [0.3, 0.4) is 0 Å². The minimum Gasteiger partial charge on any atom is -0.316 e. The Hall–Kier alpha value is -0.670. The second-order valence-corrected chi connectivity index (χ2v) is 6.48. The van der Waals surface area contributed by atoms with Crippen LogP contribution in [-0.4, -0.2) is 18.8 Å².